The van der Waals surface area contributed by atoms with Gasteiger partial charge in [-0.3, -0.25) is 4.79 Å². The van der Waals surface area contributed by atoms with E-state index in [-0.39, 0.29) is 5.91 Å². The molecular formula is C16H28N2O2. The van der Waals surface area contributed by atoms with Crippen molar-refractivity contribution < 1.29 is 9.90 Å². The van der Waals surface area contributed by atoms with Crippen LogP contribution >= 0.6 is 0 Å². The average molecular weight is 280 g/mol. The Bertz CT molecular complexity index is 340. The fraction of sp³-hybridized carbons (Fsp3) is 0.938. The van der Waals surface area contributed by atoms with E-state index in [0.717, 1.165) is 57.7 Å². The fourth-order valence-electron chi connectivity index (χ4n) is 3.81. The Morgan fingerprint density at radius 3 is 2.35 bits per heavy atom. The summed E-state index contributed by atoms with van der Waals surface area (Å²) in [6.07, 6.45) is 10.1. The topological polar surface area (TPSA) is 52.6 Å². The molecule has 0 unspecified atom stereocenters. The van der Waals surface area contributed by atoms with E-state index in [9.17, 15) is 9.90 Å². The predicted molar refractivity (Wildman–Crippen MR) is 78.4 cm³/mol. The Labute approximate surface area is 121 Å². The van der Waals surface area contributed by atoms with E-state index in [4.69, 9.17) is 0 Å². The molecule has 3 rings (SSSR count). The average Bonchev–Trinajstić information content (AvgIpc) is 3.24. The van der Waals surface area contributed by atoms with E-state index in [2.05, 4.69) is 10.2 Å². The number of likely N-dealkylation sites (tertiary alicyclic amines) is 1. The van der Waals surface area contributed by atoms with Crippen LogP contribution in [0.2, 0.25) is 0 Å². The summed E-state index contributed by atoms with van der Waals surface area (Å²) in [6.45, 7) is 2.25. The van der Waals surface area contributed by atoms with E-state index in [1.54, 1.807) is 0 Å². The second kappa shape index (κ2) is 6.02. The number of nitrogens with one attached hydrogen (secondary N) is 1. The zero-order valence-electron chi connectivity index (χ0n) is 12.4. The van der Waals surface area contributed by atoms with Crippen molar-refractivity contribution in [2.75, 3.05) is 13.1 Å². The maximum atomic E-state index is 12.1. The summed E-state index contributed by atoms with van der Waals surface area (Å²) in [4.78, 5) is 14.7. The highest BCUT2D eigenvalue weighted by molar-refractivity contribution is 5.77. The van der Waals surface area contributed by atoms with Crippen LogP contribution in [0, 0.1) is 0 Å². The molecule has 2 saturated carbocycles. The van der Waals surface area contributed by atoms with Gasteiger partial charge in [-0.05, 0) is 38.5 Å². The molecule has 2 aliphatic carbocycles. The van der Waals surface area contributed by atoms with Crippen LogP contribution in [-0.4, -0.2) is 46.7 Å². The molecule has 0 bridgehead atoms. The minimum Gasteiger partial charge on any atom is -0.389 e. The molecule has 3 fully saturated rings. The van der Waals surface area contributed by atoms with Crippen molar-refractivity contribution in [3.05, 3.63) is 0 Å². The zero-order chi connectivity index (χ0) is 14.0. The van der Waals surface area contributed by atoms with Crippen LogP contribution in [0.4, 0.5) is 0 Å². The smallest absolute Gasteiger partial charge is 0.223 e. The molecule has 0 atom stereocenters. The summed E-state index contributed by atoms with van der Waals surface area (Å²) in [5, 5.41) is 13.6. The molecule has 1 amide bonds. The lowest BCUT2D eigenvalue weighted by Gasteiger charge is -2.34. The molecular weight excluding hydrogens is 252 g/mol. The van der Waals surface area contributed by atoms with Gasteiger partial charge >= 0.3 is 0 Å². The third-order valence-electron chi connectivity index (χ3n) is 5.23. The van der Waals surface area contributed by atoms with Crippen LogP contribution in [0.5, 0.6) is 0 Å². The Hall–Kier alpha value is -0.610. The number of piperidine rings is 1. The number of carbonyl (C=O) groups excluding carboxylic acids is 1. The Morgan fingerprint density at radius 2 is 1.75 bits per heavy atom. The van der Waals surface area contributed by atoms with E-state index >= 15 is 0 Å². The quantitative estimate of drug-likeness (QED) is 0.826. The van der Waals surface area contributed by atoms with Gasteiger partial charge in [0.05, 0.1) is 12.0 Å². The van der Waals surface area contributed by atoms with Gasteiger partial charge < -0.3 is 15.3 Å². The highest BCUT2D eigenvalue weighted by Crippen LogP contribution is 2.31. The van der Waals surface area contributed by atoms with Crippen LogP contribution in [0.15, 0.2) is 0 Å². The van der Waals surface area contributed by atoms with E-state index in [0.29, 0.717) is 12.5 Å². The zero-order valence-corrected chi connectivity index (χ0v) is 12.4. The van der Waals surface area contributed by atoms with E-state index in [1.165, 1.54) is 19.3 Å². The number of hydrogen-bond donors (Lipinski definition) is 2. The van der Waals surface area contributed by atoms with Gasteiger partial charge in [-0.25, -0.2) is 0 Å². The molecule has 3 aliphatic rings. The minimum atomic E-state index is -0.725. The lowest BCUT2D eigenvalue weighted by Crippen LogP contribution is -2.47. The lowest BCUT2D eigenvalue weighted by molar-refractivity contribution is -0.128. The fourth-order valence-corrected chi connectivity index (χ4v) is 3.81. The van der Waals surface area contributed by atoms with E-state index in [1.807, 2.05) is 0 Å². The summed E-state index contributed by atoms with van der Waals surface area (Å²) in [7, 11) is 0. The van der Waals surface area contributed by atoms with Crippen molar-refractivity contribution in [2.24, 2.45) is 0 Å². The molecule has 0 aromatic heterocycles. The van der Waals surface area contributed by atoms with Crippen molar-refractivity contribution >= 4 is 5.91 Å². The molecule has 2 N–H and O–H groups in total. The molecule has 0 aromatic rings. The van der Waals surface area contributed by atoms with Gasteiger partial charge in [0.2, 0.25) is 5.91 Å². The summed E-state index contributed by atoms with van der Waals surface area (Å²) >= 11 is 0. The first kappa shape index (κ1) is 14.3. The van der Waals surface area contributed by atoms with Gasteiger partial charge in [-0.2, -0.15) is 0 Å². The van der Waals surface area contributed by atoms with Crippen LogP contribution < -0.4 is 5.32 Å². The van der Waals surface area contributed by atoms with Crippen LogP contribution in [0.1, 0.15) is 64.2 Å². The molecule has 1 saturated heterocycles. The van der Waals surface area contributed by atoms with Gasteiger partial charge in [-0.15, -0.1) is 0 Å². The Balaban J connectivity index is 1.40. The summed E-state index contributed by atoms with van der Waals surface area (Å²) in [5.41, 5.74) is -0.725. The van der Waals surface area contributed by atoms with Crippen molar-refractivity contribution in [3.8, 4) is 0 Å². The maximum absolute atomic E-state index is 12.1. The van der Waals surface area contributed by atoms with Gasteiger partial charge in [-0.1, -0.05) is 19.3 Å². The molecule has 0 radical (unpaired) electrons. The first-order chi connectivity index (χ1) is 9.65. The SMILES string of the molecule is O=C(CC1(O)CCCCC1)NC1CCN(C2CC2)CC1. The summed E-state index contributed by atoms with van der Waals surface area (Å²) < 4.78 is 0. The number of carbonyl (C=O) groups is 1. The van der Waals surface area contributed by atoms with Crippen LogP contribution in [0.3, 0.4) is 0 Å². The Morgan fingerprint density at radius 1 is 1.10 bits per heavy atom. The number of aliphatic hydroxyl groups is 1. The number of amides is 1. The summed E-state index contributed by atoms with van der Waals surface area (Å²) in [6, 6.07) is 1.17. The van der Waals surface area contributed by atoms with Gasteiger partial charge in [0.15, 0.2) is 0 Å². The van der Waals surface area contributed by atoms with Gasteiger partial charge in [0, 0.05) is 25.2 Å². The van der Waals surface area contributed by atoms with Crippen molar-refractivity contribution in [1.82, 2.24) is 10.2 Å². The highest BCUT2D eigenvalue weighted by Gasteiger charge is 2.34. The van der Waals surface area contributed by atoms with Gasteiger partial charge in [0.25, 0.3) is 0 Å². The normalized spacial score (nSPS) is 28.2. The van der Waals surface area contributed by atoms with E-state index < -0.39 is 5.60 Å². The molecule has 0 aromatic carbocycles. The molecule has 114 valence electrons. The van der Waals surface area contributed by atoms with Crippen LogP contribution in [-0.2, 0) is 4.79 Å². The second-order valence-electron chi connectivity index (χ2n) is 7.07. The first-order valence-electron chi connectivity index (χ1n) is 8.40. The third-order valence-corrected chi connectivity index (χ3v) is 5.23. The predicted octanol–water partition coefficient (Wildman–Crippen LogP) is 1.81. The third kappa shape index (κ3) is 3.73. The maximum Gasteiger partial charge on any atom is 0.223 e. The molecule has 1 aliphatic heterocycles. The number of rotatable bonds is 4. The van der Waals surface area contributed by atoms with Crippen LogP contribution in [0.25, 0.3) is 0 Å². The van der Waals surface area contributed by atoms with Crippen molar-refractivity contribution in [3.63, 3.8) is 0 Å². The second-order valence-corrected chi connectivity index (χ2v) is 7.07. The standard InChI is InChI=1S/C16H28N2O2/c19-15(12-16(20)8-2-1-3-9-16)17-13-6-10-18(11-7-13)14-4-5-14/h13-14,20H,1-12H2,(H,17,19). The molecule has 1 heterocycles. The van der Waals surface area contributed by atoms with Crippen molar-refractivity contribution in [2.45, 2.75) is 81.9 Å². The number of nitrogens with zero attached hydrogens (tertiary/aromatic N) is 1. The first-order valence-corrected chi connectivity index (χ1v) is 8.40. The molecule has 20 heavy (non-hydrogen) atoms. The molecule has 4 heteroatoms. The van der Waals surface area contributed by atoms with Gasteiger partial charge in [0.1, 0.15) is 0 Å². The van der Waals surface area contributed by atoms with Crippen molar-refractivity contribution in [1.29, 1.82) is 0 Å². The minimum absolute atomic E-state index is 0.0549. The Kier molecular flexibility index (Phi) is 4.32. The largest absolute Gasteiger partial charge is 0.389 e. The molecule has 0 spiro atoms. The monoisotopic (exact) mass is 280 g/mol. The lowest BCUT2D eigenvalue weighted by atomic mass is 9.82. The molecule has 4 nitrogen and oxygen atoms in total. The summed E-state index contributed by atoms with van der Waals surface area (Å²) in [5.74, 6) is 0.0549. The number of hydrogen-bond acceptors (Lipinski definition) is 3. The highest BCUT2D eigenvalue weighted by atomic mass is 16.3.